The Morgan fingerprint density at radius 1 is 0.776 bits per heavy atom. The van der Waals surface area contributed by atoms with E-state index < -0.39 is 114 Å². The van der Waals surface area contributed by atoms with Gasteiger partial charge in [0.1, 0.15) is 39.3 Å². The number of hydrogen-bond donors (Lipinski definition) is 7. The summed E-state index contributed by atoms with van der Waals surface area (Å²) in [6.45, 7) is -1.60. The molecule has 1 heterocycles. The van der Waals surface area contributed by atoms with Crippen LogP contribution in [0.25, 0.3) is 16.5 Å². The van der Waals surface area contributed by atoms with Crippen LogP contribution in [0, 0.1) is 0 Å². The van der Waals surface area contributed by atoms with Gasteiger partial charge in [0.05, 0.1) is 41.4 Å². The zero-order valence-corrected chi connectivity index (χ0v) is 32.9. The predicted molar refractivity (Wildman–Crippen MR) is 192 cm³/mol. The molecule has 0 atom stereocenters. The third-order valence-corrected chi connectivity index (χ3v) is 11.5. The number of aromatic hydroxyl groups is 2. The second kappa shape index (κ2) is 17.4. The Labute approximate surface area is 336 Å². The number of sulfone groups is 1. The number of fused-ring (bicyclic) bond motifs is 1. The SMILES string of the molecule is COc1cc(N=Nc2c(S(=O)(=O)O)cc3ccc(N=Nc4c(COO)[nH]n(-c5ccc(S(=O)(=O)O)cc5)c4=O)cc3c2O)c(O)cc1S(=O)(=O)CCOS(=O)(=O)O.[Cu]. The van der Waals surface area contributed by atoms with Gasteiger partial charge in [0.25, 0.3) is 25.8 Å². The number of nitrogens with one attached hydrogen (secondary N) is 1. The van der Waals surface area contributed by atoms with Gasteiger partial charge in [-0.3, -0.25) is 28.8 Å². The number of benzene rings is 4. The van der Waals surface area contributed by atoms with Gasteiger partial charge in [-0.15, -0.1) is 15.3 Å². The Hall–Kier alpha value is -5.17. The number of methoxy groups -OCH3 is 1. The van der Waals surface area contributed by atoms with Crippen molar-refractivity contribution in [3.63, 3.8) is 0 Å². The monoisotopic (exact) mass is 937 g/mol. The average Bonchev–Trinajstić information content (AvgIpc) is 3.43. The third-order valence-electron chi connectivity index (χ3n) is 7.56. The summed E-state index contributed by atoms with van der Waals surface area (Å²) < 4.78 is 132. The van der Waals surface area contributed by atoms with Gasteiger partial charge in [0, 0.05) is 34.6 Å². The second-order valence-corrected chi connectivity index (χ2v) is 17.2. The summed E-state index contributed by atoms with van der Waals surface area (Å²) in [5.74, 6) is -3.24. The van der Waals surface area contributed by atoms with E-state index >= 15 is 0 Å². The largest absolute Gasteiger partial charge is 0.506 e. The number of aromatic amines is 1. The van der Waals surface area contributed by atoms with E-state index in [1.54, 1.807) is 0 Å². The van der Waals surface area contributed by atoms with Crippen molar-refractivity contribution in [3.8, 4) is 22.9 Å². The van der Waals surface area contributed by atoms with Crippen LogP contribution in [0.5, 0.6) is 17.2 Å². The zero-order chi connectivity index (χ0) is 42.1. The van der Waals surface area contributed by atoms with Gasteiger partial charge in [0.15, 0.2) is 21.3 Å². The molecule has 0 aliphatic heterocycles. The molecule has 1 radical (unpaired) electrons. The van der Waals surface area contributed by atoms with Crippen LogP contribution in [-0.2, 0) is 73.2 Å². The minimum atomic E-state index is -5.13. The van der Waals surface area contributed by atoms with Crippen LogP contribution in [0.4, 0.5) is 22.7 Å². The number of azo groups is 2. The van der Waals surface area contributed by atoms with E-state index in [9.17, 15) is 57.8 Å². The molecule has 29 heteroatoms. The van der Waals surface area contributed by atoms with Crippen LogP contribution in [0.2, 0.25) is 0 Å². The summed E-state index contributed by atoms with van der Waals surface area (Å²) in [6.07, 6.45) is 0. The average molecular weight is 938 g/mol. The van der Waals surface area contributed by atoms with Crippen molar-refractivity contribution < 1.29 is 93.7 Å². The van der Waals surface area contributed by atoms with Gasteiger partial charge in [0.2, 0.25) is 0 Å². The zero-order valence-electron chi connectivity index (χ0n) is 28.6. The first-order valence-electron chi connectivity index (χ1n) is 15.1. The molecule has 0 saturated heterocycles. The smallest absolute Gasteiger partial charge is 0.397 e. The van der Waals surface area contributed by atoms with Gasteiger partial charge in [-0.05, 0) is 47.9 Å². The Balaban J connectivity index is 0.00000744. The normalized spacial score (nSPS) is 12.7. The molecule has 0 spiro atoms. The van der Waals surface area contributed by atoms with Crippen LogP contribution in [0.1, 0.15) is 5.69 Å². The number of H-pyrrole nitrogens is 1. The molecule has 0 unspecified atom stereocenters. The molecule has 1 aromatic heterocycles. The number of phenolic OH excluding ortho intramolecular Hbond substituents is 2. The summed E-state index contributed by atoms with van der Waals surface area (Å²) in [5, 5.41) is 48.6. The summed E-state index contributed by atoms with van der Waals surface area (Å²) in [5.41, 5.74) is -2.76. The van der Waals surface area contributed by atoms with Gasteiger partial charge < -0.3 is 14.9 Å². The minimum Gasteiger partial charge on any atom is -0.506 e. The number of phenols is 2. The van der Waals surface area contributed by atoms with Gasteiger partial charge in [-0.2, -0.15) is 30.4 Å². The fourth-order valence-corrected chi connectivity index (χ4v) is 7.77. The molecule has 0 amide bonds. The van der Waals surface area contributed by atoms with Crippen molar-refractivity contribution in [2.24, 2.45) is 20.5 Å². The van der Waals surface area contributed by atoms with Crippen LogP contribution in [0.15, 0.2) is 101 Å². The Bertz CT molecular complexity index is 2970. The van der Waals surface area contributed by atoms with E-state index in [0.717, 1.165) is 42.1 Å². The van der Waals surface area contributed by atoms with Gasteiger partial charge >= 0.3 is 10.4 Å². The van der Waals surface area contributed by atoms with E-state index in [-0.39, 0.29) is 44.9 Å². The van der Waals surface area contributed by atoms with Crippen LogP contribution in [0.3, 0.4) is 0 Å². The van der Waals surface area contributed by atoms with Crippen molar-refractivity contribution in [3.05, 3.63) is 76.7 Å². The molecule has 0 saturated carbocycles. The Morgan fingerprint density at radius 2 is 1.43 bits per heavy atom. The van der Waals surface area contributed by atoms with Crippen molar-refractivity contribution in [2.75, 3.05) is 19.5 Å². The van der Waals surface area contributed by atoms with E-state index in [0.29, 0.717) is 6.07 Å². The minimum absolute atomic E-state index is 0. The number of hydrogen-bond acceptors (Lipinski definition) is 19. The molecule has 0 aliphatic carbocycles. The van der Waals surface area contributed by atoms with E-state index in [1.807, 2.05) is 0 Å². The maximum Gasteiger partial charge on any atom is 0.397 e. The van der Waals surface area contributed by atoms with Gasteiger partial charge in [-0.1, -0.05) is 6.07 Å². The molecule has 4 aromatic carbocycles. The summed E-state index contributed by atoms with van der Waals surface area (Å²) >= 11 is 0. The maximum absolute atomic E-state index is 13.2. The molecular weight excluding hydrogens is 912 g/mol. The number of ether oxygens (including phenoxy) is 1. The van der Waals surface area contributed by atoms with E-state index in [1.165, 1.54) is 24.3 Å². The second-order valence-electron chi connectivity index (χ2n) is 11.2. The molecule has 0 fully saturated rings. The topological polar surface area (TPSA) is 373 Å². The van der Waals surface area contributed by atoms with Crippen molar-refractivity contribution in [1.82, 2.24) is 9.78 Å². The van der Waals surface area contributed by atoms with Crippen molar-refractivity contribution in [2.45, 2.75) is 21.3 Å². The maximum atomic E-state index is 13.2. The van der Waals surface area contributed by atoms with Crippen molar-refractivity contribution >= 4 is 74.0 Å². The van der Waals surface area contributed by atoms with E-state index in [4.69, 9.17) is 14.5 Å². The summed E-state index contributed by atoms with van der Waals surface area (Å²) in [4.78, 5) is 15.3. The molecule has 0 bridgehead atoms. The first-order chi connectivity index (χ1) is 26.5. The quantitative estimate of drug-likeness (QED) is 0.0259. The molecule has 24 nitrogen and oxygen atoms in total. The van der Waals surface area contributed by atoms with Crippen LogP contribution in [-0.4, -0.2) is 92.0 Å². The molecular formula is C29H26CuN6O18S4. The number of rotatable bonds is 15. The molecule has 5 aromatic rings. The Kier molecular flexibility index (Phi) is 13.6. The van der Waals surface area contributed by atoms with E-state index in [2.05, 4.69) is 34.6 Å². The first-order valence-corrected chi connectivity index (χ1v) is 21.0. The first kappa shape index (κ1) is 45.5. The Morgan fingerprint density at radius 3 is 2.02 bits per heavy atom. The predicted octanol–water partition coefficient (Wildman–Crippen LogP) is 3.64. The third kappa shape index (κ3) is 10.3. The van der Waals surface area contributed by atoms with Crippen LogP contribution >= 0.6 is 0 Å². The number of aromatic nitrogens is 2. The fraction of sp³-hybridized carbons (Fsp3) is 0.138. The van der Waals surface area contributed by atoms with Gasteiger partial charge in [-0.25, -0.2) is 22.2 Å². The fourth-order valence-electron chi connectivity index (χ4n) is 4.97. The van der Waals surface area contributed by atoms with Crippen LogP contribution < -0.4 is 10.3 Å². The summed E-state index contributed by atoms with van der Waals surface area (Å²) in [7, 11) is -18.0. The molecule has 315 valence electrons. The number of nitrogens with zero attached hydrogens (tertiary/aromatic N) is 5. The standard InChI is InChI=1S/C29H26N6O18S4.Cu/c1-51-23-12-20(22(36)13-24(23)54(40,41)9-8-53-57(48,49)50)31-33-27-25(56(45,46)47)10-15-2-3-16(11-19(15)28(27)37)30-32-26-21(14-52-39)34-35(29(26)38)17-4-6-18(7-5-17)55(42,43)44;/h2-7,10-13,34,36-37,39H,8-9,14H2,1H3,(H,42,43,44)(H,45,46,47)(H,48,49,50);. The molecule has 5 rings (SSSR count). The van der Waals surface area contributed by atoms with Crippen molar-refractivity contribution in [1.29, 1.82) is 0 Å². The molecule has 0 aliphatic rings. The molecule has 58 heavy (non-hydrogen) atoms. The molecule has 7 N–H and O–H groups in total. The summed E-state index contributed by atoms with van der Waals surface area (Å²) in [6, 6.07) is 10.5.